The van der Waals surface area contributed by atoms with Gasteiger partial charge in [0, 0.05) is 34.8 Å². The molecule has 4 heteroatoms. The summed E-state index contributed by atoms with van der Waals surface area (Å²) in [6.07, 6.45) is 3.29. The van der Waals surface area contributed by atoms with Gasteiger partial charge in [-0.1, -0.05) is 18.2 Å². The quantitative estimate of drug-likeness (QED) is 0.751. The van der Waals surface area contributed by atoms with Gasteiger partial charge in [0.25, 0.3) is 5.92 Å². The number of hydrogen-bond donors (Lipinski definition) is 0. The Morgan fingerprint density at radius 2 is 1.82 bits per heavy atom. The molecule has 22 heavy (non-hydrogen) atoms. The smallest absolute Gasteiger partial charge is 0.280 e. The first-order valence-electron chi connectivity index (χ1n) is 7.24. The maximum Gasteiger partial charge on any atom is 0.297 e. The van der Waals surface area contributed by atoms with Crippen LogP contribution >= 0.6 is 0 Å². The second-order valence-corrected chi connectivity index (χ2v) is 6.28. The van der Waals surface area contributed by atoms with Crippen LogP contribution in [0.1, 0.15) is 36.2 Å². The molecule has 2 heterocycles. The zero-order valence-corrected chi connectivity index (χ0v) is 13.1. The number of pyridine rings is 1. The van der Waals surface area contributed by atoms with Gasteiger partial charge in [-0.25, -0.2) is 0 Å². The van der Waals surface area contributed by atoms with Crippen molar-refractivity contribution in [2.45, 2.75) is 39.2 Å². The van der Waals surface area contributed by atoms with Gasteiger partial charge in [-0.3, -0.25) is 9.98 Å². The van der Waals surface area contributed by atoms with Crippen molar-refractivity contribution < 1.29 is 8.78 Å². The summed E-state index contributed by atoms with van der Waals surface area (Å²) in [5.74, 6) is -3.00. The molecule has 1 aromatic carbocycles. The van der Waals surface area contributed by atoms with Crippen molar-refractivity contribution >= 4 is 6.21 Å². The third-order valence-corrected chi connectivity index (χ3v) is 4.38. The average molecular weight is 300 g/mol. The van der Waals surface area contributed by atoms with Crippen LogP contribution in [0.5, 0.6) is 0 Å². The highest BCUT2D eigenvalue weighted by Gasteiger charge is 2.51. The molecule has 0 saturated heterocycles. The normalized spacial score (nSPS) is 18.1. The van der Waals surface area contributed by atoms with Crippen LogP contribution in [0, 0.1) is 13.8 Å². The third kappa shape index (κ3) is 2.05. The van der Waals surface area contributed by atoms with Crippen molar-refractivity contribution in [3.63, 3.8) is 0 Å². The van der Waals surface area contributed by atoms with Crippen molar-refractivity contribution in [2.75, 3.05) is 0 Å². The highest BCUT2D eigenvalue weighted by Crippen LogP contribution is 2.46. The van der Waals surface area contributed by atoms with Gasteiger partial charge in [0.2, 0.25) is 0 Å². The minimum atomic E-state index is -3.00. The monoisotopic (exact) mass is 300 g/mol. The van der Waals surface area contributed by atoms with E-state index in [0.29, 0.717) is 5.56 Å². The fourth-order valence-electron chi connectivity index (χ4n) is 2.66. The lowest BCUT2D eigenvalue weighted by Gasteiger charge is -2.35. The molecule has 114 valence electrons. The Labute approximate surface area is 128 Å². The van der Waals surface area contributed by atoms with Gasteiger partial charge in [0.1, 0.15) is 5.54 Å². The number of aryl methyl sites for hydroxylation is 2. The summed E-state index contributed by atoms with van der Waals surface area (Å²) in [5, 5.41) is 0. The maximum absolute atomic E-state index is 14.7. The zero-order valence-electron chi connectivity index (χ0n) is 13.1. The van der Waals surface area contributed by atoms with Gasteiger partial charge in [0.15, 0.2) is 0 Å². The number of rotatable bonds is 1. The minimum Gasteiger partial charge on any atom is -0.280 e. The molecular formula is C18H18F2N2. The molecule has 0 saturated carbocycles. The van der Waals surface area contributed by atoms with Gasteiger partial charge >= 0.3 is 0 Å². The molecule has 0 radical (unpaired) electrons. The SMILES string of the molecule is Cc1cc(-c2cccc3c2C=NC(C)(C)C3(F)F)cnc1C. The van der Waals surface area contributed by atoms with E-state index >= 15 is 0 Å². The first-order valence-corrected chi connectivity index (χ1v) is 7.24. The van der Waals surface area contributed by atoms with Gasteiger partial charge in [-0.15, -0.1) is 0 Å². The number of aliphatic imine (C=N–C) groups is 1. The summed E-state index contributed by atoms with van der Waals surface area (Å²) in [6, 6.07) is 6.97. The largest absolute Gasteiger partial charge is 0.297 e. The van der Waals surface area contributed by atoms with Crippen LogP contribution in [0.25, 0.3) is 11.1 Å². The van der Waals surface area contributed by atoms with Crippen LogP contribution in [0.15, 0.2) is 35.5 Å². The number of nitrogens with zero attached hydrogens (tertiary/aromatic N) is 2. The van der Waals surface area contributed by atoms with Crippen LogP contribution in [0.4, 0.5) is 8.78 Å². The second-order valence-electron chi connectivity index (χ2n) is 6.28. The van der Waals surface area contributed by atoms with E-state index in [2.05, 4.69) is 9.98 Å². The molecule has 1 aliphatic heterocycles. The lowest BCUT2D eigenvalue weighted by Crippen LogP contribution is -2.42. The Morgan fingerprint density at radius 3 is 2.50 bits per heavy atom. The van der Waals surface area contributed by atoms with E-state index < -0.39 is 11.5 Å². The van der Waals surface area contributed by atoms with Crippen molar-refractivity contribution in [1.29, 1.82) is 0 Å². The Morgan fingerprint density at radius 1 is 1.09 bits per heavy atom. The molecule has 0 bridgehead atoms. The predicted octanol–water partition coefficient (Wildman–Crippen LogP) is 4.67. The minimum absolute atomic E-state index is 0.0308. The number of fused-ring (bicyclic) bond motifs is 1. The molecule has 2 aromatic rings. The van der Waals surface area contributed by atoms with Crippen LogP contribution in [-0.2, 0) is 5.92 Å². The van der Waals surface area contributed by atoms with Gasteiger partial charge in [-0.2, -0.15) is 8.78 Å². The summed E-state index contributed by atoms with van der Waals surface area (Å²) in [6.45, 7) is 6.80. The first-order chi connectivity index (χ1) is 10.2. The van der Waals surface area contributed by atoms with Gasteiger partial charge in [0.05, 0.1) is 0 Å². The molecule has 0 aliphatic carbocycles. The van der Waals surface area contributed by atoms with Gasteiger partial charge < -0.3 is 0 Å². The van der Waals surface area contributed by atoms with Gasteiger partial charge in [-0.05, 0) is 44.9 Å². The first kappa shape index (κ1) is 14.8. The fourth-order valence-corrected chi connectivity index (χ4v) is 2.66. The number of aromatic nitrogens is 1. The summed E-state index contributed by atoms with van der Waals surface area (Å²) in [7, 11) is 0. The molecule has 2 nitrogen and oxygen atoms in total. The Balaban J connectivity index is 2.24. The lowest BCUT2D eigenvalue weighted by atomic mass is 9.83. The van der Waals surface area contributed by atoms with Crippen LogP contribution in [0.3, 0.4) is 0 Å². The topological polar surface area (TPSA) is 25.2 Å². The van der Waals surface area contributed by atoms with Crippen LogP contribution in [-0.4, -0.2) is 16.7 Å². The molecule has 1 aliphatic rings. The number of halogens is 2. The van der Waals surface area contributed by atoms with E-state index in [-0.39, 0.29) is 5.56 Å². The molecule has 0 N–H and O–H groups in total. The Hall–Kier alpha value is -2.10. The molecule has 1 aromatic heterocycles. The highest BCUT2D eigenvalue weighted by molar-refractivity contribution is 5.94. The number of hydrogen-bond acceptors (Lipinski definition) is 2. The Bertz CT molecular complexity index is 777. The lowest BCUT2D eigenvalue weighted by molar-refractivity contribution is -0.0678. The van der Waals surface area contributed by atoms with Crippen molar-refractivity contribution in [3.8, 4) is 11.1 Å². The zero-order chi connectivity index (χ0) is 16.1. The standard InChI is InChI=1S/C18H18F2N2/c1-11-8-13(9-21-12(11)2)14-6-5-7-16-15(14)10-22-17(3,4)18(16,19)20/h5-10H,1-4H3. The molecule has 0 unspecified atom stereocenters. The van der Waals surface area contributed by atoms with E-state index in [1.807, 2.05) is 26.0 Å². The number of alkyl halides is 2. The molecule has 0 fully saturated rings. The van der Waals surface area contributed by atoms with E-state index in [0.717, 1.165) is 22.4 Å². The van der Waals surface area contributed by atoms with Crippen LogP contribution < -0.4 is 0 Å². The molecule has 0 atom stereocenters. The van der Waals surface area contributed by atoms with E-state index in [9.17, 15) is 8.78 Å². The third-order valence-electron chi connectivity index (χ3n) is 4.38. The second kappa shape index (κ2) is 4.70. The molecular weight excluding hydrogens is 282 g/mol. The van der Waals surface area contributed by atoms with Crippen LogP contribution in [0.2, 0.25) is 0 Å². The van der Waals surface area contributed by atoms with Crippen molar-refractivity contribution in [1.82, 2.24) is 4.98 Å². The highest BCUT2D eigenvalue weighted by atomic mass is 19.3. The number of benzene rings is 1. The van der Waals surface area contributed by atoms with Crippen molar-refractivity contribution in [2.24, 2.45) is 4.99 Å². The average Bonchev–Trinajstić information content (AvgIpc) is 2.46. The maximum atomic E-state index is 14.7. The summed E-state index contributed by atoms with van der Waals surface area (Å²) in [4.78, 5) is 8.42. The summed E-state index contributed by atoms with van der Waals surface area (Å²) in [5.41, 5.74) is 2.64. The summed E-state index contributed by atoms with van der Waals surface area (Å²) >= 11 is 0. The van der Waals surface area contributed by atoms with Crippen molar-refractivity contribution in [3.05, 3.63) is 52.8 Å². The molecule has 0 amide bonds. The molecule has 0 spiro atoms. The Kier molecular flexibility index (Phi) is 3.17. The molecule has 3 rings (SSSR count). The van der Waals surface area contributed by atoms with E-state index in [1.165, 1.54) is 19.9 Å². The van der Waals surface area contributed by atoms with E-state index in [4.69, 9.17) is 0 Å². The summed E-state index contributed by atoms with van der Waals surface area (Å²) < 4.78 is 29.4. The predicted molar refractivity (Wildman–Crippen MR) is 84.7 cm³/mol. The fraction of sp³-hybridized carbons (Fsp3) is 0.333. The van der Waals surface area contributed by atoms with E-state index in [1.54, 1.807) is 18.5 Å².